The Labute approximate surface area is 177 Å². The van der Waals surface area contributed by atoms with Crippen LogP contribution in [-0.4, -0.2) is 26.4 Å². The summed E-state index contributed by atoms with van der Waals surface area (Å²) >= 11 is 1.27. The van der Waals surface area contributed by atoms with Crippen LogP contribution in [0.3, 0.4) is 0 Å². The summed E-state index contributed by atoms with van der Waals surface area (Å²) in [5.41, 5.74) is 2.57. The maximum Gasteiger partial charge on any atom is 0.295 e. The SMILES string of the molecule is Cc1c(N2C(=O)[C@H](C)S[C@@]23C(=O)Nc2ccccc23)c(=O)n(-c2ccccc2)n1C. The zero-order valence-electron chi connectivity index (χ0n) is 16.7. The summed E-state index contributed by atoms with van der Waals surface area (Å²) < 4.78 is 3.25. The molecule has 0 saturated carbocycles. The van der Waals surface area contributed by atoms with E-state index in [9.17, 15) is 14.4 Å². The summed E-state index contributed by atoms with van der Waals surface area (Å²) in [6.07, 6.45) is 0. The van der Waals surface area contributed by atoms with Gasteiger partial charge in [-0.25, -0.2) is 4.68 Å². The molecule has 1 saturated heterocycles. The van der Waals surface area contributed by atoms with Crippen molar-refractivity contribution >= 4 is 35.0 Å². The molecule has 1 aromatic heterocycles. The Morgan fingerprint density at radius 3 is 2.40 bits per heavy atom. The molecule has 1 N–H and O–H groups in total. The number of carbonyl (C=O) groups excluding carboxylic acids is 2. The lowest BCUT2D eigenvalue weighted by atomic mass is 10.0. The van der Waals surface area contributed by atoms with Crippen LogP contribution < -0.4 is 15.8 Å². The summed E-state index contributed by atoms with van der Waals surface area (Å²) in [4.78, 5) is 40.4. The van der Waals surface area contributed by atoms with E-state index in [-0.39, 0.29) is 23.1 Å². The predicted molar refractivity (Wildman–Crippen MR) is 117 cm³/mol. The lowest BCUT2D eigenvalue weighted by Gasteiger charge is -2.31. The molecule has 2 aliphatic rings. The summed E-state index contributed by atoms with van der Waals surface area (Å²) in [7, 11) is 1.78. The van der Waals surface area contributed by atoms with Gasteiger partial charge < -0.3 is 5.32 Å². The summed E-state index contributed by atoms with van der Waals surface area (Å²) in [5.74, 6) is -0.557. The van der Waals surface area contributed by atoms with E-state index >= 15 is 0 Å². The zero-order valence-corrected chi connectivity index (χ0v) is 17.6. The molecule has 3 aromatic rings. The summed E-state index contributed by atoms with van der Waals surface area (Å²) in [5, 5.41) is 2.43. The van der Waals surface area contributed by atoms with E-state index in [4.69, 9.17) is 0 Å². The second-order valence-electron chi connectivity index (χ2n) is 7.49. The number of fused-ring (bicyclic) bond motifs is 2. The van der Waals surface area contributed by atoms with Crippen molar-refractivity contribution in [3.05, 3.63) is 76.2 Å². The molecule has 1 spiro atoms. The van der Waals surface area contributed by atoms with Crippen LogP contribution in [0.25, 0.3) is 5.69 Å². The summed E-state index contributed by atoms with van der Waals surface area (Å²) in [6, 6.07) is 16.6. The molecule has 0 radical (unpaired) electrons. The molecule has 3 heterocycles. The van der Waals surface area contributed by atoms with Crippen LogP contribution in [0.2, 0.25) is 0 Å². The Hall–Kier alpha value is -3.26. The van der Waals surface area contributed by atoms with Crippen molar-refractivity contribution in [3.63, 3.8) is 0 Å². The molecular weight excluding hydrogens is 400 g/mol. The standard InChI is InChI=1S/C22H20N4O3S/c1-13-18(20(28)26(24(13)3)15-9-5-4-6-10-15)25-19(27)14(2)30-22(25)16-11-7-8-12-17(16)23-21(22)29/h4-12,14H,1-3H3,(H,23,29)/t14-,22-/m0/s1. The van der Waals surface area contributed by atoms with Crippen molar-refractivity contribution in [2.45, 2.75) is 24.0 Å². The second-order valence-corrected chi connectivity index (χ2v) is 9.02. The second kappa shape index (κ2) is 6.37. The molecule has 5 rings (SSSR count). The van der Waals surface area contributed by atoms with Gasteiger partial charge in [-0.05, 0) is 32.0 Å². The van der Waals surface area contributed by atoms with Crippen molar-refractivity contribution in [1.82, 2.24) is 9.36 Å². The fourth-order valence-electron chi connectivity index (χ4n) is 4.33. The quantitative estimate of drug-likeness (QED) is 0.692. The third-order valence-corrected chi connectivity index (χ3v) is 7.31. The number of thioether (sulfide) groups is 1. The van der Waals surface area contributed by atoms with Crippen molar-refractivity contribution in [2.24, 2.45) is 7.05 Å². The van der Waals surface area contributed by atoms with E-state index in [0.29, 0.717) is 22.6 Å². The fourth-order valence-corrected chi connectivity index (χ4v) is 5.80. The number of para-hydroxylation sites is 2. The van der Waals surface area contributed by atoms with E-state index in [0.717, 1.165) is 0 Å². The van der Waals surface area contributed by atoms with Gasteiger partial charge in [-0.1, -0.05) is 36.4 Å². The third-order valence-electron chi connectivity index (χ3n) is 5.83. The Morgan fingerprint density at radius 1 is 1.00 bits per heavy atom. The van der Waals surface area contributed by atoms with Gasteiger partial charge in [-0.3, -0.25) is 24.0 Å². The van der Waals surface area contributed by atoms with Crippen molar-refractivity contribution < 1.29 is 9.59 Å². The molecule has 7 nitrogen and oxygen atoms in total. The highest BCUT2D eigenvalue weighted by molar-refractivity contribution is 8.03. The first-order valence-corrected chi connectivity index (χ1v) is 10.5. The van der Waals surface area contributed by atoms with E-state index in [1.54, 1.807) is 25.6 Å². The van der Waals surface area contributed by atoms with Gasteiger partial charge in [0.2, 0.25) is 10.8 Å². The van der Waals surface area contributed by atoms with Crippen molar-refractivity contribution in [2.75, 3.05) is 10.2 Å². The number of rotatable bonds is 2. The molecule has 2 amide bonds. The van der Waals surface area contributed by atoms with E-state index in [1.807, 2.05) is 54.6 Å². The maximum absolute atomic E-state index is 13.6. The van der Waals surface area contributed by atoms with E-state index in [2.05, 4.69) is 5.32 Å². The molecule has 1 fully saturated rings. The molecule has 2 aromatic carbocycles. The number of aromatic nitrogens is 2. The maximum atomic E-state index is 13.6. The molecule has 2 atom stereocenters. The monoisotopic (exact) mass is 420 g/mol. The van der Waals surface area contributed by atoms with Crippen molar-refractivity contribution in [1.29, 1.82) is 0 Å². The number of hydrogen-bond donors (Lipinski definition) is 1. The highest BCUT2D eigenvalue weighted by Crippen LogP contribution is 2.55. The van der Waals surface area contributed by atoms with E-state index < -0.39 is 10.1 Å². The third kappa shape index (κ3) is 2.25. The molecule has 0 aliphatic carbocycles. The molecule has 8 heteroatoms. The van der Waals surface area contributed by atoms with Gasteiger partial charge in [0.15, 0.2) is 0 Å². The summed E-state index contributed by atoms with van der Waals surface area (Å²) in [6.45, 7) is 3.57. The molecule has 30 heavy (non-hydrogen) atoms. The number of amides is 2. The van der Waals surface area contributed by atoms with Crippen LogP contribution in [0.1, 0.15) is 18.2 Å². The van der Waals surface area contributed by atoms with Gasteiger partial charge in [-0.2, -0.15) is 0 Å². The van der Waals surface area contributed by atoms with Gasteiger partial charge >= 0.3 is 0 Å². The average Bonchev–Trinajstić information content (AvgIpc) is 3.25. The number of anilines is 2. The predicted octanol–water partition coefficient (Wildman–Crippen LogP) is 2.76. The number of carbonyl (C=O) groups is 2. The average molecular weight is 420 g/mol. The largest absolute Gasteiger partial charge is 0.323 e. The van der Waals surface area contributed by atoms with Gasteiger partial charge in [0, 0.05) is 18.3 Å². The van der Waals surface area contributed by atoms with Crippen LogP contribution in [0, 0.1) is 6.92 Å². The van der Waals surface area contributed by atoms with E-state index in [1.165, 1.54) is 21.3 Å². The van der Waals surface area contributed by atoms with Gasteiger partial charge in [0.25, 0.3) is 11.5 Å². The minimum Gasteiger partial charge on any atom is -0.323 e. The lowest BCUT2D eigenvalue weighted by molar-refractivity contribution is -0.122. The Kier molecular flexibility index (Phi) is 3.98. The first kappa shape index (κ1) is 18.7. The van der Waals surface area contributed by atoms with Gasteiger partial charge in [0.1, 0.15) is 5.69 Å². The minimum atomic E-state index is -1.30. The Morgan fingerprint density at radius 2 is 1.67 bits per heavy atom. The lowest BCUT2D eigenvalue weighted by Crippen LogP contribution is -2.49. The smallest absolute Gasteiger partial charge is 0.295 e. The first-order valence-electron chi connectivity index (χ1n) is 9.65. The molecular formula is C22H20N4O3S. The fraction of sp³-hybridized carbons (Fsp3) is 0.227. The normalized spacial score (nSPS) is 22.6. The number of nitrogens with zero attached hydrogens (tertiary/aromatic N) is 3. The first-order chi connectivity index (χ1) is 14.4. The molecule has 2 aliphatic heterocycles. The molecule has 152 valence electrons. The highest BCUT2D eigenvalue weighted by Gasteiger charge is 2.62. The van der Waals surface area contributed by atoms with Gasteiger partial charge in [0.05, 0.1) is 16.6 Å². The van der Waals surface area contributed by atoms with Crippen molar-refractivity contribution in [3.8, 4) is 5.69 Å². The Bertz CT molecular complexity index is 1260. The number of hydrogen-bond acceptors (Lipinski definition) is 4. The highest BCUT2D eigenvalue weighted by atomic mass is 32.2. The number of benzene rings is 2. The minimum absolute atomic E-state index is 0.232. The van der Waals surface area contributed by atoms with Crippen LogP contribution in [0.4, 0.5) is 11.4 Å². The molecule has 0 bridgehead atoms. The Balaban J connectivity index is 1.79. The van der Waals surface area contributed by atoms with Crippen LogP contribution in [0.15, 0.2) is 59.4 Å². The zero-order chi connectivity index (χ0) is 21.2. The number of nitrogens with one attached hydrogen (secondary N) is 1. The van der Waals surface area contributed by atoms with Crippen LogP contribution in [-0.2, 0) is 21.5 Å². The van der Waals surface area contributed by atoms with Gasteiger partial charge in [-0.15, -0.1) is 11.8 Å². The molecule has 0 unspecified atom stereocenters. The van der Waals surface area contributed by atoms with Crippen LogP contribution in [0.5, 0.6) is 0 Å². The van der Waals surface area contributed by atoms with Crippen LogP contribution >= 0.6 is 11.8 Å². The topological polar surface area (TPSA) is 76.3 Å².